The number of nitrogens with zero attached hydrogens (tertiary/aromatic N) is 5. The molecule has 0 saturated carbocycles. The van der Waals surface area contributed by atoms with Gasteiger partial charge >= 0.3 is 0 Å². The van der Waals surface area contributed by atoms with Crippen LogP contribution in [0.3, 0.4) is 0 Å². The van der Waals surface area contributed by atoms with Gasteiger partial charge in [-0.3, -0.25) is 19.3 Å². The van der Waals surface area contributed by atoms with Gasteiger partial charge in [-0.2, -0.15) is 5.10 Å². The molecule has 2 aromatic heterocycles. The maximum absolute atomic E-state index is 13.2. The van der Waals surface area contributed by atoms with Crippen LogP contribution in [0.15, 0.2) is 61.2 Å². The van der Waals surface area contributed by atoms with Crippen LogP contribution in [0.1, 0.15) is 42.7 Å². The molecule has 0 radical (unpaired) electrons. The van der Waals surface area contributed by atoms with E-state index in [4.69, 9.17) is 0 Å². The molecule has 172 valence electrons. The third kappa shape index (κ3) is 5.13. The lowest BCUT2D eigenvalue weighted by atomic mass is 9.96. The van der Waals surface area contributed by atoms with Gasteiger partial charge in [0.25, 0.3) is 5.91 Å². The number of aromatic nitrogens is 3. The summed E-state index contributed by atoms with van der Waals surface area (Å²) in [4.78, 5) is 34.3. The molecule has 0 spiro atoms. The number of pyridine rings is 1. The average molecular weight is 446 g/mol. The maximum atomic E-state index is 13.2. The van der Waals surface area contributed by atoms with Crippen LogP contribution in [-0.4, -0.2) is 62.6 Å². The number of carbonyl (C=O) groups excluding carboxylic acids is 2. The summed E-state index contributed by atoms with van der Waals surface area (Å²) in [6.07, 6.45) is 7.61. The Balaban J connectivity index is 1.52. The van der Waals surface area contributed by atoms with Crippen molar-refractivity contribution in [3.8, 4) is 11.1 Å². The molecule has 7 heteroatoms. The van der Waals surface area contributed by atoms with E-state index in [1.165, 1.54) is 0 Å². The number of rotatable bonds is 6. The summed E-state index contributed by atoms with van der Waals surface area (Å²) in [6.45, 7) is 8.18. The zero-order chi connectivity index (χ0) is 23.4. The molecule has 33 heavy (non-hydrogen) atoms. The second-order valence-corrected chi connectivity index (χ2v) is 8.81. The van der Waals surface area contributed by atoms with E-state index in [-0.39, 0.29) is 23.8 Å². The monoisotopic (exact) mass is 445 g/mol. The molecule has 1 aliphatic heterocycles. The van der Waals surface area contributed by atoms with Gasteiger partial charge in [-0.1, -0.05) is 30.3 Å². The average Bonchev–Trinajstić information content (AvgIpc) is 3.28. The van der Waals surface area contributed by atoms with Crippen LogP contribution in [-0.2, 0) is 11.2 Å². The first-order valence-electron chi connectivity index (χ1n) is 11.6. The molecule has 3 heterocycles. The second-order valence-electron chi connectivity index (χ2n) is 8.81. The van der Waals surface area contributed by atoms with E-state index in [1.807, 2.05) is 48.9 Å². The molecule has 0 bridgehead atoms. The molecule has 7 nitrogen and oxygen atoms in total. The third-order valence-corrected chi connectivity index (χ3v) is 6.22. The van der Waals surface area contributed by atoms with Crippen LogP contribution in [0.4, 0.5) is 0 Å². The third-order valence-electron chi connectivity index (χ3n) is 6.22. The zero-order valence-corrected chi connectivity index (χ0v) is 19.5. The standard InChI is InChI=1S/C26H31N5O2/c1-4-29-12-13-30(26(33)24-16-28-31(18-24)19(2)3)17-23(25(29)32)14-20-7-9-21(10-8-20)22-6-5-11-27-15-22/h5-11,15-16,18-19,23H,4,12-14,17H2,1-3H3/t23-/m1/s1. The zero-order valence-electron chi connectivity index (χ0n) is 19.5. The highest BCUT2D eigenvalue weighted by Crippen LogP contribution is 2.22. The highest BCUT2D eigenvalue weighted by molar-refractivity contribution is 5.94. The molecule has 1 fully saturated rings. The number of hydrogen-bond acceptors (Lipinski definition) is 4. The Bertz CT molecular complexity index is 1090. The minimum Gasteiger partial charge on any atom is -0.341 e. The summed E-state index contributed by atoms with van der Waals surface area (Å²) in [5.74, 6) is -0.229. The van der Waals surface area contributed by atoms with Crippen LogP contribution in [0.2, 0.25) is 0 Å². The number of benzene rings is 1. The molecule has 1 aromatic carbocycles. The van der Waals surface area contributed by atoms with Crippen molar-refractivity contribution in [3.05, 3.63) is 72.3 Å². The van der Waals surface area contributed by atoms with E-state index < -0.39 is 0 Å². The SMILES string of the molecule is CCN1CCN(C(=O)c2cnn(C(C)C)c2)C[C@@H](Cc2ccc(-c3cccnc3)cc2)C1=O. The van der Waals surface area contributed by atoms with Gasteiger partial charge in [0.15, 0.2) is 0 Å². The summed E-state index contributed by atoms with van der Waals surface area (Å²) in [6, 6.07) is 12.4. The summed E-state index contributed by atoms with van der Waals surface area (Å²) in [7, 11) is 0. The Labute approximate surface area is 195 Å². The molecular weight excluding hydrogens is 414 g/mol. The van der Waals surface area contributed by atoms with E-state index in [0.717, 1.165) is 16.7 Å². The molecule has 3 aromatic rings. The first-order valence-corrected chi connectivity index (χ1v) is 11.6. The van der Waals surface area contributed by atoms with E-state index in [9.17, 15) is 9.59 Å². The molecular formula is C26H31N5O2. The maximum Gasteiger partial charge on any atom is 0.257 e. The van der Waals surface area contributed by atoms with Crippen molar-refractivity contribution in [2.75, 3.05) is 26.2 Å². The van der Waals surface area contributed by atoms with Gasteiger partial charge in [0, 0.05) is 50.8 Å². The summed E-state index contributed by atoms with van der Waals surface area (Å²) in [5, 5.41) is 4.31. The van der Waals surface area contributed by atoms with Gasteiger partial charge in [0.1, 0.15) is 0 Å². The highest BCUT2D eigenvalue weighted by Gasteiger charge is 2.32. The normalized spacial score (nSPS) is 16.8. The Kier molecular flexibility index (Phi) is 6.87. The Hall–Kier alpha value is -3.48. The highest BCUT2D eigenvalue weighted by atomic mass is 16.2. The van der Waals surface area contributed by atoms with Crippen LogP contribution >= 0.6 is 0 Å². The van der Waals surface area contributed by atoms with Crippen LogP contribution < -0.4 is 0 Å². The largest absolute Gasteiger partial charge is 0.341 e. The summed E-state index contributed by atoms with van der Waals surface area (Å²) >= 11 is 0. The number of likely N-dealkylation sites (N-methyl/N-ethyl adjacent to an activating group) is 1. The van der Waals surface area contributed by atoms with Crippen molar-refractivity contribution in [2.24, 2.45) is 5.92 Å². The Morgan fingerprint density at radius 1 is 1.09 bits per heavy atom. The van der Waals surface area contributed by atoms with Crippen molar-refractivity contribution in [3.63, 3.8) is 0 Å². The van der Waals surface area contributed by atoms with E-state index in [2.05, 4.69) is 34.3 Å². The smallest absolute Gasteiger partial charge is 0.257 e. The van der Waals surface area contributed by atoms with Gasteiger partial charge in [-0.05, 0) is 49.9 Å². The van der Waals surface area contributed by atoms with Gasteiger partial charge in [-0.25, -0.2) is 0 Å². The van der Waals surface area contributed by atoms with Gasteiger partial charge in [0.2, 0.25) is 5.91 Å². The van der Waals surface area contributed by atoms with Crippen molar-refractivity contribution in [2.45, 2.75) is 33.2 Å². The minimum atomic E-state index is -0.277. The quantitative estimate of drug-likeness (QED) is 0.580. The fraction of sp³-hybridized carbons (Fsp3) is 0.385. The van der Waals surface area contributed by atoms with Gasteiger partial charge < -0.3 is 9.80 Å². The molecule has 0 N–H and O–H groups in total. The molecule has 2 amide bonds. The number of amides is 2. The van der Waals surface area contributed by atoms with Gasteiger partial charge in [0.05, 0.1) is 17.7 Å². The molecule has 0 aliphatic carbocycles. The van der Waals surface area contributed by atoms with Crippen molar-refractivity contribution >= 4 is 11.8 Å². The van der Waals surface area contributed by atoms with Crippen LogP contribution in [0.25, 0.3) is 11.1 Å². The van der Waals surface area contributed by atoms with E-state index in [1.54, 1.807) is 23.3 Å². The van der Waals surface area contributed by atoms with Crippen molar-refractivity contribution in [1.82, 2.24) is 24.6 Å². The van der Waals surface area contributed by atoms with Crippen molar-refractivity contribution < 1.29 is 9.59 Å². The second kappa shape index (κ2) is 9.98. The van der Waals surface area contributed by atoms with Crippen LogP contribution in [0, 0.1) is 5.92 Å². The Morgan fingerprint density at radius 3 is 2.52 bits per heavy atom. The molecule has 4 rings (SSSR count). The summed E-state index contributed by atoms with van der Waals surface area (Å²) in [5.41, 5.74) is 3.80. The lowest BCUT2D eigenvalue weighted by molar-refractivity contribution is -0.134. The predicted molar refractivity (Wildman–Crippen MR) is 128 cm³/mol. The predicted octanol–water partition coefficient (Wildman–Crippen LogP) is 3.69. The van der Waals surface area contributed by atoms with E-state index in [0.29, 0.717) is 38.2 Å². The fourth-order valence-electron chi connectivity index (χ4n) is 4.26. The molecule has 1 atom stereocenters. The summed E-state index contributed by atoms with van der Waals surface area (Å²) < 4.78 is 1.79. The van der Waals surface area contributed by atoms with Crippen molar-refractivity contribution in [1.29, 1.82) is 0 Å². The topological polar surface area (TPSA) is 71.3 Å². The van der Waals surface area contributed by atoms with Gasteiger partial charge in [-0.15, -0.1) is 0 Å². The first-order chi connectivity index (χ1) is 16.0. The number of carbonyl (C=O) groups is 2. The Morgan fingerprint density at radius 2 is 1.88 bits per heavy atom. The lowest BCUT2D eigenvalue weighted by Gasteiger charge is -2.23. The number of hydrogen-bond donors (Lipinski definition) is 0. The molecule has 0 unspecified atom stereocenters. The molecule has 1 saturated heterocycles. The minimum absolute atomic E-state index is 0.0652. The fourth-order valence-corrected chi connectivity index (χ4v) is 4.26. The van der Waals surface area contributed by atoms with E-state index >= 15 is 0 Å². The first kappa shape index (κ1) is 22.7. The van der Waals surface area contributed by atoms with Crippen LogP contribution in [0.5, 0.6) is 0 Å². The lowest BCUT2D eigenvalue weighted by Crippen LogP contribution is -2.37. The molecule has 1 aliphatic rings.